The van der Waals surface area contributed by atoms with Crippen molar-refractivity contribution in [3.05, 3.63) is 59.2 Å². The van der Waals surface area contributed by atoms with Gasteiger partial charge in [0.1, 0.15) is 0 Å². The van der Waals surface area contributed by atoms with E-state index in [2.05, 4.69) is 6.08 Å². The van der Waals surface area contributed by atoms with Crippen LogP contribution in [0, 0.1) is 12.8 Å². The van der Waals surface area contributed by atoms with Gasteiger partial charge in [-0.05, 0) is 67.2 Å². The second-order valence-electron chi connectivity index (χ2n) is 7.77. The summed E-state index contributed by atoms with van der Waals surface area (Å²) >= 11 is 0. The number of hydrogen-bond acceptors (Lipinski definition) is 4. The van der Waals surface area contributed by atoms with E-state index in [1.807, 2.05) is 31.2 Å². The largest absolute Gasteiger partial charge is 0.493 e. The highest BCUT2D eigenvalue weighted by Crippen LogP contribution is 2.54. The number of aryl methyl sites for hydroxylation is 1. The maximum absolute atomic E-state index is 13.4. The van der Waals surface area contributed by atoms with Crippen LogP contribution in [0.15, 0.2) is 47.4 Å². The van der Waals surface area contributed by atoms with E-state index in [-0.39, 0.29) is 12.0 Å². The Bertz CT molecular complexity index is 1060. The summed E-state index contributed by atoms with van der Waals surface area (Å²) in [5, 5.41) is 0. The summed E-state index contributed by atoms with van der Waals surface area (Å²) in [7, 11) is 1.29. The van der Waals surface area contributed by atoms with Gasteiger partial charge in [-0.1, -0.05) is 23.8 Å². The highest BCUT2D eigenvalue weighted by atomic mass is 32.2. The van der Waals surface area contributed by atoms with Crippen molar-refractivity contribution in [2.45, 2.75) is 37.1 Å². The third-order valence-corrected chi connectivity index (χ3v) is 7.99. The van der Waals surface area contributed by atoms with Gasteiger partial charge in [-0.3, -0.25) is 0 Å². The SMILES string of the molecule is COc1cc2c(cc1OC)[C@@H](N(C)S(=O)(=O)c1ccc(C)cc1)[C@@H]1CCCC=C21. The molecule has 0 fully saturated rings. The average Bonchev–Trinajstić information content (AvgIpc) is 3.05. The molecule has 5 nitrogen and oxygen atoms in total. The quantitative estimate of drug-likeness (QED) is 0.720. The molecule has 2 aliphatic carbocycles. The van der Waals surface area contributed by atoms with Gasteiger partial charge < -0.3 is 9.47 Å². The Labute approximate surface area is 173 Å². The second-order valence-corrected chi connectivity index (χ2v) is 9.77. The molecule has 0 aromatic heterocycles. The van der Waals surface area contributed by atoms with Crippen molar-refractivity contribution in [1.29, 1.82) is 0 Å². The van der Waals surface area contributed by atoms with Crippen LogP contribution in [0.5, 0.6) is 11.5 Å². The van der Waals surface area contributed by atoms with Crippen LogP contribution in [-0.4, -0.2) is 34.0 Å². The fraction of sp³-hybridized carbons (Fsp3) is 0.391. The highest BCUT2D eigenvalue weighted by Gasteiger charge is 2.44. The molecule has 0 saturated carbocycles. The van der Waals surface area contributed by atoms with Crippen molar-refractivity contribution < 1.29 is 17.9 Å². The Balaban J connectivity index is 1.84. The molecule has 29 heavy (non-hydrogen) atoms. The lowest BCUT2D eigenvalue weighted by Crippen LogP contribution is -2.34. The molecule has 2 atom stereocenters. The molecule has 154 valence electrons. The molecule has 0 saturated heterocycles. The molecule has 0 spiro atoms. The number of hydrogen-bond donors (Lipinski definition) is 0. The number of benzene rings is 2. The first-order valence-electron chi connectivity index (χ1n) is 9.89. The molecule has 0 aliphatic heterocycles. The van der Waals surface area contributed by atoms with E-state index in [4.69, 9.17) is 9.47 Å². The standard InChI is InChI=1S/C23H27NO4S/c1-15-9-11-16(12-10-15)29(25,26)24(2)23-18-8-6-5-7-17(18)19-13-21(27-3)22(28-4)14-20(19)23/h7,9-14,18,23H,5-6,8H2,1-4H3/t18-,23+/m1/s1. The Morgan fingerprint density at radius 3 is 2.34 bits per heavy atom. The molecule has 0 unspecified atom stereocenters. The Morgan fingerprint density at radius 2 is 1.69 bits per heavy atom. The van der Waals surface area contributed by atoms with Crippen molar-refractivity contribution in [3.8, 4) is 11.5 Å². The third-order valence-electron chi connectivity index (χ3n) is 6.14. The molecule has 0 radical (unpaired) electrons. The Kier molecular flexibility index (Phi) is 5.17. The lowest BCUT2D eigenvalue weighted by atomic mass is 9.86. The topological polar surface area (TPSA) is 55.8 Å². The second kappa shape index (κ2) is 7.50. The summed E-state index contributed by atoms with van der Waals surface area (Å²) in [4.78, 5) is 0.320. The van der Waals surface area contributed by atoms with Gasteiger partial charge in [-0.2, -0.15) is 4.31 Å². The van der Waals surface area contributed by atoms with E-state index in [1.54, 1.807) is 37.7 Å². The van der Waals surface area contributed by atoms with Crippen molar-refractivity contribution in [3.63, 3.8) is 0 Å². The number of fused-ring (bicyclic) bond motifs is 3. The first kappa shape index (κ1) is 20.0. The number of allylic oxidation sites excluding steroid dienone is 1. The summed E-state index contributed by atoms with van der Waals surface area (Å²) in [6.07, 6.45) is 5.29. The van der Waals surface area contributed by atoms with Gasteiger partial charge in [-0.25, -0.2) is 8.42 Å². The summed E-state index contributed by atoms with van der Waals surface area (Å²) in [5.74, 6) is 1.43. The molecule has 2 aromatic carbocycles. The zero-order chi connectivity index (χ0) is 20.8. The molecule has 6 heteroatoms. The smallest absolute Gasteiger partial charge is 0.243 e. The number of sulfonamides is 1. The molecule has 0 N–H and O–H groups in total. The minimum absolute atomic E-state index is 0.140. The average molecular weight is 414 g/mol. The van der Waals surface area contributed by atoms with Gasteiger partial charge >= 0.3 is 0 Å². The van der Waals surface area contributed by atoms with Gasteiger partial charge in [0.05, 0.1) is 25.2 Å². The van der Waals surface area contributed by atoms with E-state index in [9.17, 15) is 8.42 Å². The highest BCUT2D eigenvalue weighted by molar-refractivity contribution is 7.89. The normalized spacial score (nSPS) is 20.8. The molecule has 2 aromatic rings. The minimum atomic E-state index is -3.63. The monoisotopic (exact) mass is 413 g/mol. The molecular weight excluding hydrogens is 386 g/mol. The summed E-state index contributed by atoms with van der Waals surface area (Å²) in [6, 6.07) is 10.7. The van der Waals surface area contributed by atoms with Crippen LogP contribution in [0.1, 0.15) is 42.0 Å². The van der Waals surface area contributed by atoms with Crippen LogP contribution < -0.4 is 9.47 Å². The number of ether oxygens (including phenoxy) is 2. The predicted octanol–water partition coefficient (Wildman–Crippen LogP) is 4.57. The molecule has 0 amide bonds. The van der Waals surface area contributed by atoms with E-state index in [0.717, 1.165) is 36.0 Å². The first-order chi connectivity index (χ1) is 13.9. The van der Waals surface area contributed by atoms with Crippen molar-refractivity contribution in [1.82, 2.24) is 4.31 Å². The molecule has 0 bridgehead atoms. The zero-order valence-electron chi connectivity index (χ0n) is 17.3. The van der Waals surface area contributed by atoms with Crippen LogP contribution in [0.25, 0.3) is 5.57 Å². The van der Waals surface area contributed by atoms with Crippen LogP contribution >= 0.6 is 0 Å². The first-order valence-corrected chi connectivity index (χ1v) is 11.3. The summed E-state index contributed by atoms with van der Waals surface area (Å²) < 4.78 is 39.4. The van der Waals surface area contributed by atoms with E-state index in [0.29, 0.717) is 16.4 Å². The Morgan fingerprint density at radius 1 is 1.03 bits per heavy atom. The lowest BCUT2D eigenvalue weighted by Gasteiger charge is -2.31. The van der Waals surface area contributed by atoms with Gasteiger partial charge in [-0.15, -0.1) is 0 Å². The number of rotatable bonds is 5. The van der Waals surface area contributed by atoms with Crippen LogP contribution in [0.4, 0.5) is 0 Å². The summed E-state index contributed by atoms with van der Waals surface area (Å²) in [6.45, 7) is 1.95. The molecule has 2 aliphatic rings. The molecular formula is C23H27NO4S. The molecule has 4 rings (SSSR count). The van der Waals surface area contributed by atoms with Crippen molar-refractivity contribution in [2.24, 2.45) is 5.92 Å². The third kappa shape index (κ3) is 3.24. The molecule has 0 heterocycles. The fourth-order valence-electron chi connectivity index (χ4n) is 4.62. The number of methoxy groups -OCH3 is 2. The zero-order valence-corrected chi connectivity index (χ0v) is 18.1. The van der Waals surface area contributed by atoms with Gasteiger partial charge in [0.2, 0.25) is 10.0 Å². The van der Waals surface area contributed by atoms with Gasteiger partial charge in [0.15, 0.2) is 11.5 Å². The van der Waals surface area contributed by atoms with Crippen LogP contribution in [0.2, 0.25) is 0 Å². The maximum atomic E-state index is 13.4. The minimum Gasteiger partial charge on any atom is -0.493 e. The lowest BCUT2D eigenvalue weighted by molar-refractivity contribution is 0.305. The van der Waals surface area contributed by atoms with Crippen LogP contribution in [0.3, 0.4) is 0 Å². The Hall–Kier alpha value is -2.31. The predicted molar refractivity (Wildman–Crippen MR) is 114 cm³/mol. The van der Waals surface area contributed by atoms with Crippen molar-refractivity contribution >= 4 is 15.6 Å². The van der Waals surface area contributed by atoms with Gasteiger partial charge in [0, 0.05) is 13.0 Å². The van der Waals surface area contributed by atoms with E-state index >= 15 is 0 Å². The maximum Gasteiger partial charge on any atom is 0.243 e. The van der Waals surface area contributed by atoms with E-state index < -0.39 is 10.0 Å². The summed E-state index contributed by atoms with van der Waals surface area (Å²) in [5.41, 5.74) is 4.32. The van der Waals surface area contributed by atoms with Gasteiger partial charge in [0.25, 0.3) is 0 Å². The van der Waals surface area contributed by atoms with E-state index in [1.165, 1.54) is 5.57 Å². The number of nitrogens with zero attached hydrogens (tertiary/aromatic N) is 1. The van der Waals surface area contributed by atoms with Crippen LogP contribution in [-0.2, 0) is 10.0 Å². The fourth-order valence-corrected chi connectivity index (χ4v) is 5.99. The van der Waals surface area contributed by atoms with Crippen molar-refractivity contribution in [2.75, 3.05) is 21.3 Å².